The van der Waals surface area contributed by atoms with E-state index in [9.17, 15) is 14.7 Å². The number of thioether (sulfide) groups is 1. The fourth-order valence-corrected chi connectivity index (χ4v) is 4.69. The molecule has 0 saturated heterocycles. The highest BCUT2D eigenvalue weighted by atomic mass is 32.2. The summed E-state index contributed by atoms with van der Waals surface area (Å²) in [6.07, 6.45) is 0.377. The van der Waals surface area contributed by atoms with Crippen LogP contribution in [-0.2, 0) is 17.8 Å². The fourth-order valence-electron chi connectivity index (χ4n) is 3.54. The first-order chi connectivity index (χ1) is 13.5. The van der Waals surface area contributed by atoms with Crippen LogP contribution in [0, 0.1) is 0 Å². The van der Waals surface area contributed by atoms with Gasteiger partial charge >= 0.3 is 5.97 Å². The van der Waals surface area contributed by atoms with Gasteiger partial charge in [-0.15, -0.1) is 0 Å². The van der Waals surface area contributed by atoms with Crippen molar-refractivity contribution in [3.8, 4) is 0 Å². The van der Waals surface area contributed by atoms with Gasteiger partial charge in [-0.3, -0.25) is 4.79 Å². The van der Waals surface area contributed by atoms with E-state index in [0.717, 1.165) is 22.2 Å². The van der Waals surface area contributed by atoms with Crippen molar-refractivity contribution in [2.24, 2.45) is 0 Å². The van der Waals surface area contributed by atoms with E-state index in [1.165, 1.54) is 11.8 Å². The number of rotatable bonds is 4. The number of carbonyl (C=O) groups is 2. The van der Waals surface area contributed by atoms with Gasteiger partial charge in [0.1, 0.15) is 10.4 Å². The number of hydrogen-bond donors (Lipinski definition) is 2. The van der Waals surface area contributed by atoms with E-state index in [4.69, 9.17) is 12.2 Å². The number of hydrogen-bond acceptors (Lipinski definition) is 4. The van der Waals surface area contributed by atoms with Crippen molar-refractivity contribution in [2.45, 2.75) is 19.0 Å². The summed E-state index contributed by atoms with van der Waals surface area (Å²) in [5.41, 5.74) is 3.64. The van der Waals surface area contributed by atoms with Crippen LogP contribution in [-0.4, -0.2) is 42.9 Å². The molecule has 4 rings (SSSR count). The second-order valence-corrected chi connectivity index (χ2v) is 8.27. The van der Waals surface area contributed by atoms with Gasteiger partial charge in [-0.25, -0.2) is 4.79 Å². The van der Waals surface area contributed by atoms with Crippen molar-refractivity contribution in [1.29, 1.82) is 0 Å². The number of ketones is 1. The highest BCUT2D eigenvalue weighted by Crippen LogP contribution is 2.32. The Morgan fingerprint density at radius 1 is 1.14 bits per heavy atom. The molecule has 28 heavy (non-hydrogen) atoms. The average Bonchev–Trinajstić information content (AvgIpc) is 3.09. The molecule has 7 heteroatoms. The number of aromatic amines is 1. The van der Waals surface area contributed by atoms with E-state index >= 15 is 0 Å². The third kappa shape index (κ3) is 3.55. The Balaban J connectivity index is 1.53. The van der Waals surface area contributed by atoms with Crippen molar-refractivity contribution in [2.75, 3.05) is 5.75 Å². The minimum Gasteiger partial charge on any atom is -0.480 e. The van der Waals surface area contributed by atoms with Gasteiger partial charge in [-0.1, -0.05) is 72.5 Å². The normalized spacial score (nSPS) is 16.0. The number of carboxylic acid groups (broad SMARTS) is 1. The molecule has 0 radical (unpaired) electrons. The Bertz CT molecular complexity index is 1060. The number of nitrogens with one attached hydrogen (secondary N) is 1. The predicted octanol–water partition coefficient (Wildman–Crippen LogP) is 3.88. The molecule has 0 fully saturated rings. The quantitative estimate of drug-likeness (QED) is 0.502. The predicted molar refractivity (Wildman–Crippen MR) is 115 cm³/mol. The summed E-state index contributed by atoms with van der Waals surface area (Å²) in [6.45, 7) is 0.395. The van der Waals surface area contributed by atoms with Crippen molar-refractivity contribution < 1.29 is 14.7 Å². The van der Waals surface area contributed by atoms with Gasteiger partial charge in [0.05, 0.1) is 12.3 Å². The second kappa shape index (κ2) is 7.77. The van der Waals surface area contributed by atoms with Crippen molar-refractivity contribution in [1.82, 2.24) is 9.88 Å². The molecule has 0 spiro atoms. The van der Waals surface area contributed by atoms with Crippen molar-refractivity contribution >= 4 is 51.0 Å². The molecule has 5 nitrogen and oxygen atoms in total. The fraction of sp³-hybridized carbons (Fsp3) is 0.190. The second-order valence-electron chi connectivity index (χ2n) is 6.66. The van der Waals surface area contributed by atoms with Crippen LogP contribution in [0.1, 0.15) is 21.6 Å². The molecule has 142 valence electrons. The van der Waals surface area contributed by atoms with Crippen LogP contribution in [0.15, 0.2) is 54.6 Å². The first kappa shape index (κ1) is 18.7. The number of carbonyl (C=O) groups excluding carboxylic acids is 1. The van der Waals surface area contributed by atoms with Gasteiger partial charge in [0.2, 0.25) is 0 Å². The van der Waals surface area contributed by atoms with Crippen LogP contribution in [0.5, 0.6) is 0 Å². The molecular formula is C21H18N2O3S2. The number of benzene rings is 2. The van der Waals surface area contributed by atoms with Gasteiger partial charge < -0.3 is 15.0 Å². The number of fused-ring (bicyclic) bond motifs is 3. The zero-order chi connectivity index (χ0) is 19.7. The van der Waals surface area contributed by atoms with Crippen molar-refractivity contribution in [3.63, 3.8) is 0 Å². The van der Waals surface area contributed by atoms with Crippen LogP contribution in [0.4, 0.5) is 0 Å². The van der Waals surface area contributed by atoms with Gasteiger partial charge in [0.15, 0.2) is 5.78 Å². The Morgan fingerprint density at radius 3 is 2.61 bits per heavy atom. The topological polar surface area (TPSA) is 73.4 Å². The summed E-state index contributed by atoms with van der Waals surface area (Å²) in [5, 5.41) is 10.8. The molecule has 0 aliphatic carbocycles. The maximum Gasteiger partial charge on any atom is 0.326 e. The highest BCUT2D eigenvalue weighted by molar-refractivity contribution is 8.23. The first-order valence-corrected chi connectivity index (χ1v) is 10.3. The third-order valence-electron chi connectivity index (χ3n) is 4.95. The molecule has 1 aliphatic heterocycles. The summed E-state index contributed by atoms with van der Waals surface area (Å²) in [7, 11) is 0. The van der Waals surface area contributed by atoms with Gasteiger partial charge in [-0.2, -0.15) is 0 Å². The van der Waals surface area contributed by atoms with E-state index in [-0.39, 0.29) is 11.5 Å². The molecule has 1 unspecified atom stereocenters. The van der Waals surface area contributed by atoms with Crippen LogP contribution in [0.3, 0.4) is 0 Å². The number of aliphatic carboxylic acids is 1. The van der Waals surface area contributed by atoms with Gasteiger partial charge in [0, 0.05) is 28.6 Å². The van der Waals surface area contributed by atoms with Crippen LogP contribution in [0.2, 0.25) is 0 Å². The standard InChI is InChI=1S/C21H18N2O3S2/c24-19(13-6-2-1-3-7-13)12-28-21(27)23-11-17-15(10-18(23)20(25)26)14-8-4-5-9-16(14)22-17/h1-9,18,22H,10-12H2,(H,25,26). The molecule has 3 aromatic rings. The lowest BCUT2D eigenvalue weighted by Crippen LogP contribution is -2.47. The molecule has 2 N–H and O–H groups in total. The monoisotopic (exact) mass is 410 g/mol. The summed E-state index contributed by atoms with van der Waals surface area (Å²) < 4.78 is 0.431. The minimum atomic E-state index is -0.909. The lowest BCUT2D eigenvalue weighted by molar-refractivity contribution is -0.142. The minimum absolute atomic E-state index is 0.0249. The number of Topliss-reactive ketones (excluding diaryl/α,β-unsaturated/α-hetero) is 1. The Kier molecular flexibility index (Phi) is 5.19. The maximum atomic E-state index is 12.3. The largest absolute Gasteiger partial charge is 0.480 e. The SMILES string of the molecule is O=C(CSC(=S)N1Cc2[nH]c3ccccc3c2CC1C(=O)O)c1ccccc1. The van der Waals surface area contributed by atoms with Gasteiger partial charge in [-0.05, 0) is 11.6 Å². The smallest absolute Gasteiger partial charge is 0.326 e. The lowest BCUT2D eigenvalue weighted by Gasteiger charge is -2.34. The third-order valence-corrected chi connectivity index (χ3v) is 6.42. The first-order valence-electron chi connectivity index (χ1n) is 8.87. The summed E-state index contributed by atoms with van der Waals surface area (Å²) in [5.74, 6) is -0.748. The zero-order valence-corrected chi connectivity index (χ0v) is 16.6. The van der Waals surface area contributed by atoms with Crippen LogP contribution < -0.4 is 0 Å². The van der Waals surface area contributed by atoms with Crippen LogP contribution >= 0.6 is 24.0 Å². The molecule has 1 aromatic heterocycles. The molecule has 0 amide bonds. The number of thiocarbonyl (C=S) groups is 1. The lowest BCUT2D eigenvalue weighted by atomic mass is 9.97. The average molecular weight is 411 g/mol. The maximum absolute atomic E-state index is 12.3. The molecule has 0 bridgehead atoms. The summed E-state index contributed by atoms with van der Waals surface area (Å²) >= 11 is 6.73. The zero-order valence-electron chi connectivity index (χ0n) is 14.9. The van der Waals surface area contributed by atoms with E-state index in [0.29, 0.717) is 22.8 Å². The van der Waals surface area contributed by atoms with E-state index in [1.807, 2.05) is 42.5 Å². The number of aromatic nitrogens is 1. The summed E-state index contributed by atoms with van der Waals surface area (Å²) in [4.78, 5) is 29.3. The number of para-hydroxylation sites is 1. The Morgan fingerprint density at radius 2 is 1.86 bits per heavy atom. The van der Waals surface area contributed by atoms with E-state index in [2.05, 4.69) is 4.98 Å². The van der Waals surface area contributed by atoms with E-state index < -0.39 is 12.0 Å². The Labute approximate surface area is 171 Å². The molecule has 2 aromatic carbocycles. The molecular weight excluding hydrogens is 392 g/mol. The van der Waals surface area contributed by atoms with Gasteiger partial charge in [0.25, 0.3) is 0 Å². The molecule has 1 atom stereocenters. The van der Waals surface area contributed by atoms with Crippen molar-refractivity contribution in [3.05, 3.63) is 71.4 Å². The highest BCUT2D eigenvalue weighted by Gasteiger charge is 2.35. The molecule has 2 heterocycles. The van der Waals surface area contributed by atoms with Crippen LogP contribution in [0.25, 0.3) is 10.9 Å². The number of H-pyrrole nitrogens is 1. The number of nitrogens with zero attached hydrogens (tertiary/aromatic N) is 1. The Hall–Kier alpha value is -2.64. The number of carboxylic acids is 1. The molecule has 0 saturated carbocycles. The summed E-state index contributed by atoms with van der Waals surface area (Å²) in [6, 6.07) is 16.2. The van der Waals surface area contributed by atoms with E-state index in [1.54, 1.807) is 17.0 Å². The molecule has 1 aliphatic rings.